The number of likely N-dealkylation sites (N-methyl/N-ethyl adjacent to an activating group) is 1. The van der Waals surface area contributed by atoms with E-state index in [1.165, 1.54) is 11.3 Å². The highest BCUT2D eigenvalue weighted by Gasteiger charge is 2.45. The molecule has 0 bridgehead atoms. The zero-order valence-electron chi connectivity index (χ0n) is 26.8. The fourth-order valence-electron chi connectivity index (χ4n) is 6.77. The van der Waals surface area contributed by atoms with Gasteiger partial charge in [-0.2, -0.15) is 0 Å². The number of pyridine rings is 1. The van der Waals surface area contributed by atoms with E-state index >= 15 is 0 Å². The summed E-state index contributed by atoms with van der Waals surface area (Å²) in [6, 6.07) is 7.12. The molecular formula is C34H36ClF4N5O3S. The average Bonchev–Trinajstić information content (AvgIpc) is 3.44. The minimum absolute atomic E-state index is 0.0272. The fraction of sp³-hybridized carbons (Fsp3) is 0.471. The molecule has 0 aliphatic heterocycles. The lowest BCUT2D eigenvalue weighted by Crippen LogP contribution is -2.47. The lowest BCUT2D eigenvalue weighted by Gasteiger charge is -2.40. The Morgan fingerprint density at radius 3 is 2.71 bits per heavy atom. The number of nitrogens with one attached hydrogen (secondary N) is 1. The van der Waals surface area contributed by atoms with Crippen molar-refractivity contribution >= 4 is 39.1 Å². The van der Waals surface area contributed by atoms with E-state index in [1.807, 2.05) is 13.1 Å². The van der Waals surface area contributed by atoms with E-state index in [0.717, 1.165) is 17.7 Å². The summed E-state index contributed by atoms with van der Waals surface area (Å²) in [7, 11) is 1.95. The van der Waals surface area contributed by atoms with E-state index < -0.39 is 24.8 Å². The second-order valence-corrected chi connectivity index (χ2v) is 14.1. The van der Waals surface area contributed by atoms with Crippen LogP contribution in [0.15, 0.2) is 34.4 Å². The molecule has 0 spiro atoms. The van der Waals surface area contributed by atoms with E-state index in [2.05, 4.69) is 15.2 Å². The molecule has 1 aromatic carbocycles. The van der Waals surface area contributed by atoms with Crippen molar-refractivity contribution in [1.82, 2.24) is 24.8 Å². The van der Waals surface area contributed by atoms with Crippen LogP contribution in [0.25, 0.3) is 21.3 Å². The third-order valence-corrected chi connectivity index (χ3v) is 10.4. The Balaban J connectivity index is 1.20. The van der Waals surface area contributed by atoms with Crippen LogP contribution in [0, 0.1) is 19.8 Å². The van der Waals surface area contributed by atoms with Gasteiger partial charge in [0.15, 0.2) is 0 Å². The molecule has 8 nitrogen and oxygen atoms in total. The summed E-state index contributed by atoms with van der Waals surface area (Å²) in [5, 5.41) is 4.30. The minimum atomic E-state index is -2.67. The third-order valence-electron chi connectivity index (χ3n) is 9.15. The molecule has 2 aliphatic rings. The molecule has 1 atom stereocenters. The number of thiophene rings is 1. The number of aromatic nitrogens is 3. The van der Waals surface area contributed by atoms with Gasteiger partial charge in [0.1, 0.15) is 18.2 Å². The first-order valence-corrected chi connectivity index (χ1v) is 17.1. The molecule has 4 aromatic rings. The number of benzene rings is 1. The predicted octanol–water partition coefficient (Wildman–Crippen LogP) is 6.70. The highest BCUT2D eigenvalue weighted by Crippen LogP contribution is 2.43. The Labute approximate surface area is 284 Å². The molecule has 3 heterocycles. The summed E-state index contributed by atoms with van der Waals surface area (Å²) in [6.07, 6.45) is -0.838. The van der Waals surface area contributed by atoms with Crippen molar-refractivity contribution in [2.75, 3.05) is 26.7 Å². The first-order chi connectivity index (χ1) is 22.8. The van der Waals surface area contributed by atoms with Crippen molar-refractivity contribution in [3.05, 3.63) is 73.4 Å². The number of rotatable bonds is 11. The van der Waals surface area contributed by atoms with Gasteiger partial charge in [-0.15, -0.1) is 11.3 Å². The molecular weight excluding hydrogens is 670 g/mol. The number of halogens is 5. The smallest absolute Gasteiger partial charge is 0.257 e. The van der Waals surface area contributed by atoms with E-state index in [0.29, 0.717) is 63.0 Å². The second-order valence-electron chi connectivity index (χ2n) is 12.7. The Morgan fingerprint density at radius 1 is 1.21 bits per heavy atom. The van der Waals surface area contributed by atoms with Crippen LogP contribution in [-0.2, 0) is 19.4 Å². The van der Waals surface area contributed by atoms with Crippen molar-refractivity contribution in [2.45, 2.75) is 70.9 Å². The minimum Gasteiger partial charge on any atom is -0.491 e. The van der Waals surface area contributed by atoms with Crippen LogP contribution in [0.5, 0.6) is 5.75 Å². The Hall–Kier alpha value is -3.55. The van der Waals surface area contributed by atoms with E-state index in [1.54, 1.807) is 42.0 Å². The van der Waals surface area contributed by atoms with Gasteiger partial charge >= 0.3 is 0 Å². The maximum Gasteiger partial charge on any atom is 0.257 e. The maximum absolute atomic E-state index is 13.7. The number of carbonyl (C=O) groups is 1. The van der Waals surface area contributed by atoms with Gasteiger partial charge in [-0.25, -0.2) is 22.5 Å². The van der Waals surface area contributed by atoms with Crippen LogP contribution in [0.4, 0.5) is 17.6 Å². The first-order valence-electron chi connectivity index (χ1n) is 15.8. The zero-order valence-corrected chi connectivity index (χ0v) is 28.4. The van der Waals surface area contributed by atoms with Crippen molar-refractivity contribution in [2.24, 2.45) is 5.92 Å². The summed E-state index contributed by atoms with van der Waals surface area (Å²) in [5.74, 6) is -2.12. The molecule has 1 N–H and O–H groups in total. The molecule has 6 rings (SSSR count). The van der Waals surface area contributed by atoms with Gasteiger partial charge in [-0.3, -0.25) is 19.1 Å². The van der Waals surface area contributed by atoms with Crippen molar-refractivity contribution in [1.29, 1.82) is 0 Å². The number of aryl methyl sites for hydroxylation is 3. The summed E-state index contributed by atoms with van der Waals surface area (Å²) < 4.78 is 60.8. The number of carbonyl (C=O) groups excluding carboxylic acids is 1. The number of ether oxygens (including phenoxy) is 1. The van der Waals surface area contributed by atoms with Crippen LogP contribution in [-0.4, -0.2) is 70.5 Å². The van der Waals surface area contributed by atoms with E-state index in [4.69, 9.17) is 21.3 Å². The zero-order chi connectivity index (χ0) is 34.3. The molecule has 1 saturated carbocycles. The fourth-order valence-corrected chi connectivity index (χ4v) is 7.96. The number of hydrogen-bond donors (Lipinski definition) is 1. The molecule has 1 amide bonds. The molecule has 1 unspecified atom stereocenters. The molecule has 48 heavy (non-hydrogen) atoms. The topological polar surface area (TPSA) is 89.4 Å². The van der Waals surface area contributed by atoms with Gasteiger partial charge < -0.3 is 15.0 Å². The Morgan fingerprint density at radius 2 is 1.98 bits per heavy atom. The van der Waals surface area contributed by atoms with Crippen LogP contribution in [0.1, 0.15) is 52.4 Å². The number of amides is 1. The predicted molar refractivity (Wildman–Crippen MR) is 178 cm³/mol. The largest absolute Gasteiger partial charge is 0.491 e. The van der Waals surface area contributed by atoms with E-state index in [-0.39, 0.29) is 49.1 Å². The molecule has 256 valence electrons. The highest BCUT2D eigenvalue weighted by molar-refractivity contribution is 7.18. The quantitative estimate of drug-likeness (QED) is 0.175. The Bertz CT molecular complexity index is 1910. The number of nitrogens with zero attached hydrogens (tertiary/aromatic N) is 4. The van der Waals surface area contributed by atoms with Gasteiger partial charge in [0.25, 0.3) is 17.9 Å². The van der Waals surface area contributed by atoms with Crippen LogP contribution < -0.4 is 15.6 Å². The standard InChI is InChI=1S/C34H36ClF4N5O3S/c1-18-10-24(31-30(41-18)26(17-48-31)32(45)40-15-29(36)37)23-11-21(35)4-7-28(23)47-9-8-44-19(2)42-27-6-5-22(12-25(27)33(44)46)43(3)16-20-13-34(38,39)14-20/h4,7,10-11,17,20,22,29H,5-6,8-9,12-16H2,1-3H3,(H,40,45). The van der Waals surface area contributed by atoms with Crippen LogP contribution >= 0.6 is 22.9 Å². The normalized spacial score (nSPS) is 17.5. The van der Waals surface area contributed by atoms with Gasteiger partial charge in [0.05, 0.1) is 34.6 Å². The monoisotopic (exact) mass is 705 g/mol. The summed E-state index contributed by atoms with van der Waals surface area (Å²) in [5.41, 5.74) is 3.93. The first kappa shape index (κ1) is 34.3. The second kappa shape index (κ2) is 13.8. The molecule has 3 aromatic heterocycles. The molecule has 2 aliphatic carbocycles. The lowest BCUT2D eigenvalue weighted by atomic mass is 9.80. The van der Waals surface area contributed by atoms with Crippen molar-refractivity contribution in [3.63, 3.8) is 0 Å². The average molecular weight is 706 g/mol. The summed E-state index contributed by atoms with van der Waals surface area (Å²) in [6.45, 7) is 3.79. The summed E-state index contributed by atoms with van der Waals surface area (Å²) in [4.78, 5) is 37.8. The van der Waals surface area contributed by atoms with Crippen molar-refractivity contribution < 1.29 is 27.1 Å². The van der Waals surface area contributed by atoms with Gasteiger partial charge in [0, 0.05) is 58.2 Å². The van der Waals surface area contributed by atoms with Gasteiger partial charge in [-0.05, 0) is 70.3 Å². The van der Waals surface area contributed by atoms with Crippen LogP contribution in [0.2, 0.25) is 5.02 Å². The molecule has 14 heteroatoms. The SMILES string of the molecule is Cc1cc(-c2cc(Cl)ccc2OCCn2c(C)nc3c(c2=O)CC(N(C)CC2CC(F)(F)C2)CC3)c2scc(C(=O)NCC(F)F)c2n1. The number of alkyl halides is 4. The van der Waals surface area contributed by atoms with Gasteiger partial charge in [-0.1, -0.05) is 11.6 Å². The maximum atomic E-state index is 13.7. The lowest BCUT2D eigenvalue weighted by molar-refractivity contribution is -0.117. The van der Waals surface area contributed by atoms with Crippen molar-refractivity contribution in [3.8, 4) is 16.9 Å². The van der Waals surface area contributed by atoms with Gasteiger partial charge in [0.2, 0.25) is 5.92 Å². The Kier molecular flexibility index (Phi) is 9.83. The number of fused-ring (bicyclic) bond motifs is 2. The molecule has 0 saturated heterocycles. The van der Waals surface area contributed by atoms with Crippen LogP contribution in [0.3, 0.4) is 0 Å². The highest BCUT2D eigenvalue weighted by atomic mass is 35.5. The molecule has 1 fully saturated rings. The molecule has 0 radical (unpaired) electrons. The number of hydrogen-bond acceptors (Lipinski definition) is 7. The van der Waals surface area contributed by atoms with E-state index in [9.17, 15) is 27.2 Å². The summed E-state index contributed by atoms with van der Waals surface area (Å²) >= 11 is 7.68. The third kappa shape index (κ3) is 7.23.